The summed E-state index contributed by atoms with van der Waals surface area (Å²) in [7, 11) is 0. The van der Waals surface area contributed by atoms with Crippen molar-refractivity contribution < 1.29 is 9.90 Å². The van der Waals surface area contributed by atoms with E-state index in [1.807, 2.05) is 6.20 Å². The molecule has 2 heterocycles. The molecule has 4 nitrogen and oxygen atoms in total. The lowest BCUT2D eigenvalue weighted by Gasteiger charge is -2.39. The Bertz CT molecular complexity index is 306. The number of aliphatic hydroxyl groups excluding tert-OH is 1. The molecule has 3 atom stereocenters. The summed E-state index contributed by atoms with van der Waals surface area (Å²) in [5, 5.41) is 9.14. The minimum atomic E-state index is -0.207. The van der Waals surface area contributed by atoms with Crippen molar-refractivity contribution in [3.63, 3.8) is 0 Å². The average molecular weight is 228 g/mol. The molecule has 1 saturated heterocycles. The lowest BCUT2D eigenvalue weighted by atomic mass is 10.0. The van der Waals surface area contributed by atoms with Gasteiger partial charge in [0, 0.05) is 17.1 Å². The molecule has 0 aromatic heterocycles. The zero-order chi connectivity index (χ0) is 11.0. The van der Waals surface area contributed by atoms with Crippen molar-refractivity contribution in [2.45, 2.75) is 31.2 Å². The number of amides is 1. The Labute approximate surface area is 93.5 Å². The molecule has 1 fully saturated rings. The molecule has 2 aliphatic rings. The van der Waals surface area contributed by atoms with Crippen LogP contribution in [0.25, 0.3) is 0 Å². The molecule has 5 heteroatoms. The summed E-state index contributed by atoms with van der Waals surface area (Å²) in [6.07, 6.45) is 3.67. The molecule has 2 unspecified atom stereocenters. The van der Waals surface area contributed by atoms with Gasteiger partial charge in [0.15, 0.2) is 0 Å². The van der Waals surface area contributed by atoms with Crippen LogP contribution in [0.5, 0.6) is 0 Å². The third kappa shape index (κ3) is 1.79. The second-order valence-electron chi connectivity index (χ2n) is 4.01. The number of nitrogens with two attached hydrogens (primary N) is 1. The summed E-state index contributed by atoms with van der Waals surface area (Å²) in [4.78, 5) is 14.3. The minimum absolute atomic E-state index is 0.0371. The monoisotopic (exact) mass is 228 g/mol. The molecular formula is C10H16N2O2S. The number of fused-ring (bicyclic) bond motifs is 1. The van der Waals surface area contributed by atoms with Crippen molar-refractivity contribution >= 4 is 17.7 Å². The number of rotatable bonds is 4. The van der Waals surface area contributed by atoms with Crippen LogP contribution in [0.1, 0.15) is 19.8 Å². The maximum Gasteiger partial charge on any atom is 0.235 e. The molecule has 0 aromatic rings. The maximum atomic E-state index is 11.5. The number of carbonyl (C=O) groups is 1. The number of nitrogens with zero attached hydrogens (tertiary/aromatic N) is 1. The standard InChI is InChI=1S/C10H16N2O2S/c1-2-6(11)3-7-4-12-9(14)8(5-13)10(12)15-7/h4,6,8,10,13H,2-3,5,11H2,1H3/t6?,8?,10-/m1/s1. The predicted octanol–water partition coefficient (Wildman–Crippen LogP) is 0.479. The van der Waals surface area contributed by atoms with Gasteiger partial charge in [-0.1, -0.05) is 6.92 Å². The van der Waals surface area contributed by atoms with Crippen molar-refractivity contribution in [2.75, 3.05) is 6.61 Å². The lowest BCUT2D eigenvalue weighted by Crippen LogP contribution is -2.55. The van der Waals surface area contributed by atoms with Crippen molar-refractivity contribution in [1.29, 1.82) is 0 Å². The van der Waals surface area contributed by atoms with Crippen LogP contribution in [-0.2, 0) is 4.79 Å². The fourth-order valence-corrected chi connectivity index (χ4v) is 3.28. The first kappa shape index (κ1) is 11.0. The number of hydrogen-bond acceptors (Lipinski definition) is 4. The van der Waals surface area contributed by atoms with Crippen LogP contribution >= 0.6 is 11.8 Å². The molecule has 0 aromatic carbocycles. The summed E-state index contributed by atoms with van der Waals surface area (Å²) in [5.74, 6) is -0.170. The third-order valence-electron chi connectivity index (χ3n) is 2.93. The fourth-order valence-electron chi connectivity index (χ4n) is 1.84. The van der Waals surface area contributed by atoms with Gasteiger partial charge in [-0.3, -0.25) is 4.79 Å². The smallest absolute Gasteiger partial charge is 0.235 e. The molecule has 0 bridgehead atoms. The highest BCUT2D eigenvalue weighted by atomic mass is 32.2. The van der Waals surface area contributed by atoms with E-state index in [1.54, 1.807) is 16.7 Å². The van der Waals surface area contributed by atoms with Gasteiger partial charge in [0.2, 0.25) is 5.91 Å². The lowest BCUT2D eigenvalue weighted by molar-refractivity contribution is -0.147. The normalized spacial score (nSPS) is 31.0. The van der Waals surface area contributed by atoms with Crippen LogP contribution in [0.2, 0.25) is 0 Å². The summed E-state index contributed by atoms with van der Waals surface area (Å²) < 4.78 is 0. The molecule has 0 radical (unpaired) electrons. The second kappa shape index (κ2) is 4.15. The van der Waals surface area contributed by atoms with Crippen LogP contribution < -0.4 is 5.73 Å². The van der Waals surface area contributed by atoms with Crippen LogP contribution in [0.4, 0.5) is 0 Å². The zero-order valence-corrected chi connectivity index (χ0v) is 9.54. The summed E-state index contributed by atoms with van der Waals surface area (Å²) in [6, 6.07) is 0.171. The molecule has 15 heavy (non-hydrogen) atoms. The first-order valence-electron chi connectivity index (χ1n) is 5.23. The van der Waals surface area contributed by atoms with Gasteiger partial charge < -0.3 is 15.7 Å². The van der Waals surface area contributed by atoms with Gasteiger partial charge in [0.05, 0.1) is 12.5 Å². The molecule has 0 spiro atoms. The van der Waals surface area contributed by atoms with Gasteiger partial charge >= 0.3 is 0 Å². The van der Waals surface area contributed by atoms with E-state index in [4.69, 9.17) is 10.8 Å². The average Bonchev–Trinajstić information content (AvgIpc) is 2.58. The minimum Gasteiger partial charge on any atom is -0.395 e. The first-order chi connectivity index (χ1) is 7.17. The van der Waals surface area contributed by atoms with Crippen molar-refractivity contribution in [3.05, 3.63) is 11.1 Å². The van der Waals surface area contributed by atoms with E-state index in [1.165, 1.54) is 4.91 Å². The maximum absolute atomic E-state index is 11.5. The van der Waals surface area contributed by atoms with Gasteiger partial charge in [-0.25, -0.2) is 0 Å². The number of hydrogen-bond donors (Lipinski definition) is 2. The number of β-lactam (4-membered cyclic amide) rings is 1. The Morgan fingerprint density at radius 2 is 2.47 bits per heavy atom. The topological polar surface area (TPSA) is 66.6 Å². The Morgan fingerprint density at radius 1 is 1.73 bits per heavy atom. The van der Waals surface area contributed by atoms with E-state index in [0.717, 1.165) is 12.8 Å². The molecule has 0 saturated carbocycles. The largest absolute Gasteiger partial charge is 0.395 e. The Hall–Kier alpha value is -0.520. The second-order valence-corrected chi connectivity index (χ2v) is 5.25. The van der Waals surface area contributed by atoms with Gasteiger partial charge in [-0.05, 0) is 12.8 Å². The Morgan fingerprint density at radius 3 is 3.07 bits per heavy atom. The van der Waals surface area contributed by atoms with Crippen molar-refractivity contribution in [2.24, 2.45) is 11.7 Å². The number of thioether (sulfide) groups is 1. The molecule has 0 aliphatic carbocycles. The zero-order valence-electron chi connectivity index (χ0n) is 8.72. The summed E-state index contributed by atoms with van der Waals surface area (Å²) in [5.41, 5.74) is 5.86. The highest BCUT2D eigenvalue weighted by molar-refractivity contribution is 8.04. The fraction of sp³-hybridized carbons (Fsp3) is 0.700. The van der Waals surface area contributed by atoms with Gasteiger partial charge in [-0.15, -0.1) is 11.8 Å². The Balaban J connectivity index is 1.95. The number of aliphatic hydroxyl groups is 1. The van der Waals surface area contributed by atoms with E-state index in [9.17, 15) is 4.79 Å². The van der Waals surface area contributed by atoms with Crippen LogP contribution in [0, 0.1) is 5.92 Å². The van der Waals surface area contributed by atoms with E-state index < -0.39 is 0 Å². The first-order valence-corrected chi connectivity index (χ1v) is 6.11. The van der Waals surface area contributed by atoms with Gasteiger partial charge in [0.25, 0.3) is 0 Å². The molecule has 84 valence electrons. The third-order valence-corrected chi connectivity index (χ3v) is 4.30. The molecule has 1 amide bonds. The van der Waals surface area contributed by atoms with Crippen LogP contribution in [0.3, 0.4) is 0 Å². The summed E-state index contributed by atoms with van der Waals surface area (Å²) >= 11 is 1.67. The van der Waals surface area contributed by atoms with E-state index in [-0.39, 0.29) is 29.8 Å². The SMILES string of the molecule is CCC(N)CC1=CN2C(=O)C(CO)[C@H]2S1. The molecule has 2 aliphatic heterocycles. The molecule has 2 rings (SSSR count). The van der Waals surface area contributed by atoms with Gasteiger partial charge in [-0.2, -0.15) is 0 Å². The highest BCUT2D eigenvalue weighted by Crippen LogP contribution is 2.46. The number of carbonyl (C=O) groups excluding carboxylic acids is 1. The van der Waals surface area contributed by atoms with E-state index in [2.05, 4.69) is 6.92 Å². The van der Waals surface area contributed by atoms with Crippen molar-refractivity contribution in [3.8, 4) is 0 Å². The highest BCUT2D eigenvalue weighted by Gasteiger charge is 2.49. The van der Waals surface area contributed by atoms with E-state index >= 15 is 0 Å². The molecule has 3 N–H and O–H groups in total. The quantitative estimate of drug-likeness (QED) is 0.687. The molecular weight excluding hydrogens is 212 g/mol. The summed E-state index contributed by atoms with van der Waals surface area (Å²) in [6.45, 7) is 2.01. The van der Waals surface area contributed by atoms with Crippen molar-refractivity contribution in [1.82, 2.24) is 4.90 Å². The van der Waals surface area contributed by atoms with Crippen LogP contribution in [-0.4, -0.2) is 33.9 Å². The van der Waals surface area contributed by atoms with Gasteiger partial charge in [0.1, 0.15) is 5.37 Å². The van der Waals surface area contributed by atoms with Crippen LogP contribution in [0.15, 0.2) is 11.1 Å². The van der Waals surface area contributed by atoms with E-state index in [0.29, 0.717) is 0 Å². The Kier molecular flexibility index (Phi) is 3.04. The predicted molar refractivity (Wildman–Crippen MR) is 59.8 cm³/mol.